The summed E-state index contributed by atoms with van der Waals surface area (Å²) in [6.45, 7) is 5.21. The Morgan fingerprint density at radius 3 is 2.73 bits per heavy atom. The van der Waals surface area contributed by atoms with Gasteiger partial charge in [0.05, 0.1) is 17.6 Å². The van der Waals surface area contributed by atoms with Gasteiger partial charge in [0, 0.05) is 19.3 Å². The number of nitrogens with one attached hydrogen (secondary N) is 1. The summed E-state index contributed by atoms with van der Waals surface area (Å²) >= 11 is 0. The Morgan fingerprint density at radius 1 is 1.53 bits per heavy atom. The monoisotopic (exact) mass is 204 g/mol. The molecule has 1 heterocycles. The Labute approximate surface area is 88.0 Å². The molecule has 0 bridgehead atoms. The van der Waals surface area contributed by atoms with Crippen molar-refractivity contribution in [3.63, 3.8) is 0 Å². The normalized spacial score (nSPS) is 10.9. The Kier molecular flexibility index (Phi) is 3.68. The van der Waals surface area contributed by atoms with Crippen molar-refractivity contribution in [1.82, 2.24) is 15.3 Å². The lowest BCUT2D eigenvalue weighted by Crippen LogP contribution is -2.14. The Balaban J connectivity index is 3.02. The van der Waals surface area contributed by atoms with Crippen LogP contribution in [0.15, 0.2) is 23.5 Å². The lowest BCUT2D eigenvalue weighted by atomic mass is 10.3. The Hall–Kier alpha value is -2.04. The Morgan fingerprint density at radius 2 is 2.27 bits per heavy atom. The van der Waals surface area contributed by atoms with Crippen molar-refractivity contribution in [2.24, 2.45) is 4.99 Å². The van der Waals surface area contributed by atoms with Crippen molar-refractivity contribution < 1.29 is 4.79 Å². The number of hydrogen-bond donors (Lipinski definition) is 1. The molecule has 0 unspecified atom stereocenters. The molecule has 0 saturated carbocycles. The molecule has 0 radical (unpaired) electrons. The van der Waals surface area contributed by atoms with Gasteiger partial charge < -0.3 is 5.32 Å². The summed E-state index contributed by atoms with van der Waals surface area (Å²) < 4.78 is 0. The van der Waals surface area contributed by atoms with E-state index >= 15 is 0 Å². The predicted octanol–water partition coefficient (Wildman–Crippen LogP) is 0.573. The van der Waals surface area contributed by atoms with E-state index < -0.39 is 0 Å². The topological polar surface area (TPSA) is 67.2 Å². The first-order valence-electron chi connectivity index (χ1n) is 4.36. The zero-order valence-corrected chi connectivity index (χ0v) is 8.69. The van der Waals surface area contributed by atoms with Gasteiger partial charge in [-0.1, -0.05) is 0 Å². The largest absolute Gasteiger partial charge is 0.356 e. The number of amides is 1. The van der Waals surface area contributed by atoms with Gasteiger partial charge in [0.25, 0.3) is 0 Å². The molecule has 0 saturated heterocycles. The molecule has 1 aromatic rings. The highest BCUT2D eigenvalue weighted by atomic mass is 16.1. The van der Waals surface area contributed by atoms with Gasteiger partial charge >= 0.3 is 0 Å². The molecular weight excluding hydrogens is 192 g/mol. The highest BCUT2D eigenvalue weighted by molar-refractivity contribution is 5.94. The maximum Gasteiger partial charge on any atom is 0.245 e. The lowest BCUT2D eigenvalue weighted by molar-refractivity contribution is -0.116. The summed E-state index contributed by atoms with van der Waals surface area (Å²) in [7, 11) is 1.54. The number of aliphatic imine (C=N–C) groups is 1. The number of aromatic nitrogens is 2. The lowest BCUT2D eigenvalue weighted by Gasteiger charge is -2.00. The summed E-state index contributed by atoms with van der Waals surface area (Å²) in [6, 6.07) is 0. The summed E-state index contributed by atoms with van der Waals surface area (Å²) in [4.78, 5) is 23.0. The number of carbonyl (C=O) groups excluding carboxylic acids is 1. The molecule has 0 aliphatic rings. The summed E-state index contributed by atoms with van der Waals surface area (Å²) in [5.41, 5.74) is 1.74. The first-order chi connectivity index (χ1) is 7.17. The van der Waals surface area contributed by atoms with Gasteiger partial charge in [-0.2, -0.15) is 0 Å². The summed E-state index contributed by atoms with van der Waals surface area (Å²) in [6.07, 6.45) is 4.49. The van der Waals surface area contributed by atoms with E-state index in [9.17, 15) is 4.79 Å². The van der Waals surface area contributed by atoms with Crippen LogP contribution in [-0.4, -0.2) is 29.6 Å². The van der Waals surface area contributed by atoms with Gasteiger partial charge in [-0.3, -0.25) is 19.8 Å². The molecule has 5 nitrogen and oxygen atoms in total. The maximum atomic E-state index is 11.1. The molecule has 0 aliphatic heterocycles. The maximum absolute atomic E-state index is 11.1. The number of rotatable bonds is 3. The zero-order valence-electron chi connectivity index (χ0n) is 8.69. The highest BCUT2D eigenvalue weighted by Crippen LogP contribution is 2.10. The van der Waals surface area contributed by atoms with Crippen LogP contribution in [0.3, 0.4) is 0 Å². The SMILES string of the molecule is C=N/C(=C\C(=O)NC)c1cnc(C)cn1. The van der Waals surface area contributed by atoms with Gasteiger partial charge in [0.15, 0.2) is 0 Å². The van der Waals surface area contributed by atoms with Gasteiger partial charge in [-0.25, -0.2) is 0 Å². The number of hydrogen-bond acceptors (Lipinski definition) is 4. The van der Waals surface area contributed by atoms with E-state index in [2.05, 4.69) is 27.0 Å². The van der Waals surface area contributed by atoms with Crippen LogP contribution in [0.25, 0.3) is 5.70 Å². The van der Waals surface area contributed by atoms with Crippen LogP contribution in [0.1, 0.15) is 11.4 Å². The van der Waals surface area contributed by atoms with E-state index in [0.717, 1.165) is 5.69 Å². The highest BCUT2D eigenvalue weighted by Gasteiger charge is 2.03. The van der Waals surface area contributed by atoms with Crippen molar-refractivity contribution in [1.29, 1.82) is 0 Å². The van der Waals surface area contributed by atoms with Crippen molar-refractivity contribution >= 4 is 18.3 Å². The molecule has 1 aromatic heterocycles. The molecule has 0 spiro atoms. The Bertz CT molecular complexity index is 394. The average Bonchev–Trinajstić information content (AvgIpc) is 2.27. The third kappa shape index (κ3) is 2.98. The number of carbonyl (C=O) groups is 1. The zero-order chi connectivity index (χ0) is 11.3. The fourth-order valence-corrected chi connectivity index (χ4v) is 0.922. The van der Waals surface area contributed by atoms with E-state index in [1.165, 1.54) is 6.08 Å². The number of aryl methyl sites for hydroxylation is 1. The second-order valence-electron chi connectivity index (χ2n) is 2.84. The van der Waals surface area contributed by atoms with E-state index in [4.69, 9.17) is 0 Å². The van der Waals surface area contributed by atoms with Gasteiger partial charge in [-0.15, -0.1) is 0 Å². The second-order valence-corrected chi connectivity index (χ2v) is 2.84. The minimum atomic E-state index is -0.250. The number of nitrogens with zero attached hydrogens (tertiary/aromatic N) is 3. The molecule has 78 valence electrons. The van der Waals surface area contributed by atoms with Crippen LogP contribution in [0.4, 0.5) is 0 Å². The molecule has 1 N–H and O–H groups in total. The van der Waals surface area contributed by atoms with E-state index in [0.29, 0.717) is 11.4 Å². The van der Waals surface area contributed by atoms with Crippen LogP contribution < -0.4 is 5.32 Å². The standard InChI is InChI=1S/C10H12N4O/c1-7-5-14-9(6-13-7)8(11-2)4-10(15)12-3/h4-6H,2H2,1,3H3,(H,12,15)/b8-4-. The van der Waals surface area contributed by atoms with Crippen molar-refractivity contribution in [3.8, 4) is 0 Å². The van der Waals surface area contributed by atoms with Crippen LogP contribution in [0.2, 0.25) is 0 Å². The fraction of sp³-hybridized carbons (Fsp3) is 0.200. The average molecular weight is 204 g/mol. The number of likely N-dealkylation sites (N-methyl/N-ethyl adjacent to an activating group) is 1. The van der Waals surface area contributed by atoms with Gasteiger partial charge in [0.2, 0.25) is 5.91 Å². The third-order valence-electron chi connectivity index (χ3n) is 1.73. The van der Waals surface area contributed by atoms with Crippen LogP contribution in [-0.2, 0) is 4.79 Å². The van der Waals surface area contributed by atoms with Gasteiger partial charge in [-0.05, 0) is 13.6 Å². The molecule has 0 atom stereocenters. The summed E-state index contributed by atoms with van der Waals surface area (Å²) in [5, 5.41) is 2.46. The third-order valence-corrected chi connectivity index (χ3v) is 1.73. The van der Waals surface area contributed by atoms with Crippen LogP contribution >= 0.6 is 0 Å². The minimum Gasteiger partial charge on any atom is -0.356 e. The molecule has 5 heteroatoms. The molecule has 0 aromatic carbocycles. The molecule has 1 amide bonds. The van der Waals surface area contributed by atoms with E-state index in [1.54, 1.807) is 19.4 Å². The molecule has 1 rings (SSSR count). The first-order valence-corrected chi connectivity index (χ1v) is 4.36. The first kappa shape index (κ1) is 11.0. The van der Waals surface area contributed by atoms with Crippen LogP contribution in [0.5, 0.6) is 0 Å². The fourth-order valence-electron chi connectivity index (χ4n) is 0.922. The smallest absolute Gasteiger partial charge is 0.245 e. The quantitative estimate of drug-likeness (QED) is 0.578. The predicted molar refractivity (Wildman–Crippen MR) is 58.4 cm³/mol. The second kappa shape index (κ2) is 4.99. The molecular formula is C10H12N4O. The van der Waals surface area contributed by atoms with Crippen LogP contribution in [0, 0.1) is 6.92 Å². The van der Waals surface area contributed by atoms with Crippen molar-refractivity contribution in [2.75, 3.05) is 7.05 Å². The van der Waals surface area contributed by atoms with E-state index in [-0.39, 0.29) is 5.91 Å². The van der Waals surface area contributed by atoms with Gasteiger partial charge in [0.1, 0.15) is 5.69 Å². The molecule has 0 fully saturated rings. The van der Waals surface area contributed by atoms with Crippen molar-refractivity contribution in [3.05, 3.63) is 29.9 Å². The summed E-state index contributed by atoms with van der Waals surface area (Å²) in [5.74, 6) is -0.250. The molecule has 0 aliphatic carbocycles. The minimum absolute atomic E-state index is 0.250. The molecule has 15 heavy (non-hydrogen) atoms. The van der Waals surface area contributed by atoms with Crippen molar-refractivity contribution in [2.45, 2.75) is 6.92 Å². The van der Waals surface area contributed by atoms with E-state index in [1.807, 2.05) is 6.92 Å².